The van der Waals surface area contributed by atoms with Gasteiger partial charge in [-0.3, -0.25) is 4.79 Å². The van der Waals surface area contributed by atoms with E-state index in [1.165, 1.54) is 0 Å². The number of aromatic nitrogens is 1. The third kappa shape index (κ3) is 2.87. The molecule has 1 fully saturated rings. The molecule has 1 aliphatic heterocycles. The number of likely N-dealkylation sites (tertiary alicyclic amines) is 1. The Hall–Kier alpha value is -1.36. The van der Waals surface area contributed by atoms with Gasteiger partial charge in [0.15, 0.2) is 0 Å². The lowest BCUT2D eigenvalue weighted by Gasteiger charge is -2.27. The highest BCUT2D eigenvalue weighted by Gasteiger charge is 2.33. The molecule has 20 heavy (non-hydrogen) atoms. The fourth-order valence-electron chi connectivity index (χ4n) is 3.23. The standard InChI is InChI=1S/C15H24N2O3/c1-10(14-11(2)16-20-12(14)3)15(19)17-8-4-6-13(17)7-5-9-18/h10,13,18H,4-9H2,1-3H3. The van der Waals surface area contributed by atoms with Crippen LogP contribution >= 0.6 is 0 Å². The van der Waals surface area contributed by atoms with Crippen LogP contribution in [0.2, 0.25) is 0 Å². The number of nitrogens with zero attached hydrogens (tertiary/aromatic N) is 2. The molecule has 0 saturated carbocycles. The highest BCUT2D eigenvalue weighted by Crippen LogP contribution is 2.29. The molecule has 0 bridgehead atoms. The van der Waals surface area contributed by atoms with E-state index < -0.39 is 0 Å². The molecule has 1 aromatic heterocycles. The third-order valence-corrected chi connectivity index (χ3v) is 4.25. The predicted molar refractivity (Wildman–Crippen MR) is 75.4 cm³/mol. The maximum Gasteiger partial charge on any atom is 0.230 e. The minimum Gasteiger partial charge on any atom is -0.396 e. The molecule has 0 aliphatic carbocycles. The highest BCUT2D eigenvalue weighted by molar-refractivity contribution is 5.84. The average molecular weight is 280 g/mol. The predicted octanol–water partition coefficient (Wildman–Crippen LogP) is 2.16. The summed E-state index contributed by atoms with van der Waals surface area (Å²) in [5.41, 5.74) is 1.72. The lowest BCUT2D eigenvalue weighted by molar-refractivity contribution is -0.133. The van der Waals surface area contributed by atoms with E-state index in [4.69, 9.17) is 9.63 Å². The number of hydrogen-bond donors (Lipinski definition) is 1. The summed E-state index contributed by atoms with van der Waals surface area (Å²) in [6, 6.07) is 0.276. The Labute approximate surface area is 119 Å². The molecule has 0 spiro atoms. The van der Waals surface area contributed by atoms with E-state index in [0.717, 1.165) is 49.2 Å². The number of rotatable bonds is 5. The largest absolute Gasteiger partial charge is 0.396 e. The topological polar surface area (TPSA) is 66.6 Å². The molecule has 2 unspecified atom stereocenters. The normalized spacial score (nSPS) is 20.4. The van der Waals surface area contributed by atoms with Crippen LogP contribution in [-0.2, 0) is 4.79 Å². The SMILES string of the molecule is Cc1noc(C)c1C(C)C(=O)N1CCCC1CCCO. The number of aryl methyl sites for hydroxylation is 2. The molecule has 0 radical (unpaired) electrons. The Morgan fingerprint density at radius 3 is 2.90 bits per heavy atom. The van der Waals surface area contributed by atoms with Gasteiger partial charge in [-0.25, -0.2) is 0 Å². The van der Waals surface area contributed by atoms with E-state index in [1.807, 2.05) is 25.7 Å². The third-order valence-electron chi connectivity index (χ3n) is 4.25. The molecule has 2 atom stereocenters. The Morgan fingerprint density at radius 1 is 1.55 bits per heavy atom. The molecule has 112 valence electrons. The summed E-state index contributed by atoms with van der Waals surface area (Å²) in [7, 11) is 0. The maximum atomic E-state index is 12.7. The summed E-state index contributed by atoms with van der Waals surface area (Å²) in [5.74, 6) is 0.672. The lowest BCUT2D eigenvalue weighted by Crippen LogP contribution is -2.38. The van der Waals surface area contributed by atoms with Crippen molar-refractivity contribution in [1.82, 2.24) is 10.1 Å². The summed E-state index contributed by atoms with van der Waals surface area (Å²) < 4.78 is 5.17. The van der Waals surface area contributed by atoms with Crippen molar-refractivity contribution in [2.45, 2.75) is 58.4 Å². The van der Waals surface area contributed by atoms with Crippen LogP contribution in [0, 0.1) is 13.8 Å². The van der Waals surface area contributed by atoms with Crippen LogP contribution in [0.25, 0.3) is 0 Å². The van der Waals surface area contributed by atoms with Crippen LogP contribution in [0.5, 0.6) is 0 Å². The van der Waals surface area contributed by atoms with Crippen LogP contribution in [0.3, 0.4) is 0 Å². The first-order chi connectivity index (χ1) is 9.56. The van der Waals surface area contributed by atoms with E-state index in [-0.39, 0.29) is 24.5 Å². The van der Waals surface area contributed by atoms with Gasteiger partial charge < -0.3 is 14.5 Å². The highest BCUT2D eigenvalue weighted by atomic mass is 16.5. The van der Waals surface area contributed by atoms with Crippen molar-refractivity contribution in [2.75, 3.05) is 13.2 Å². The number of aliphatic hydroxyl groups excluding tert-OH is 1. The molecule has 2 heterocycles. The molecule has 1 saturated heterocycles. The van der Waals surface area contributed by atoms with E-state index in [2.05, 4.69) is 5.16 Å². The second kappa shape index (κ2) is 6.39. The van der Waals surface area contributed by atoms with Crippen LogP contribution < -0.4 is 0 Å². The Bertz CT molecular complexity index is 450. The van der Waals surface area contributed by atoms with Crippen LogP contribution in [0.4, 0.5) is 0 Å². The van der Waals surface area contributed by atoms with Gasteiger partial charge in [0.2, 0.25) is 5.91 Å². The molecule has 5 nitrogen and oxygen atoms in total. The van der Waals surface area contributed by atoms with Gasteiger partial charge in [0, 0.05) is 24.8 Å². The molecular formula is C15H24N2O3. The molecule has 1 aromatic rings. The zero-order valence-electron chi connectivity index (χ0n) is 12.6. The Kier molecular flexibility index (Phi) is 4.81. The number of carbonyl (C=O) groups excluding carboxylic acids is 1. The summed E-state index contributed by atoms with van der Waals surface area (Å²) in [6.45, 7) is 6.67. The fourth-order valence-corrected chi connectivity index (χ4v) is 3.23. The van der Waals surface area contributed by atoms with Gasteiger partial charge in [-0.05, 0) is 46.5 Å². The van der Waals surface area contributed by atoms with Crippen LogP contribution in [-0.4, -0.2) is 40.3 Å². The molecule has 2 rings (SSSR count). The van der Waals surface area contributed by atoms with Crippen molar-refractivity contribution < 1.29 is 14.4 Å². The molecule has 5 heteroatoms. The Morgan fingerprint density at radius 2 is 2.30 bits per heavy atom. The number of hydrogen-bond acceptors (Lipinski definition) is 4. The van der Waals surface area contributed by atoms with Gasteiger partial charge in [-0.15, -0.1) is 0 Å². The van der Waals surface area contributed by atoms with Crippen molar-refractivity contribution in [3.05, 3.63) is 17.0 Å². The molecular weight excluding hydrogens is 256 g/mol. The maximum absolute atomic E-state index is 12.7. The second-order valence-electron chi connectivity index (χ2n) is 5.65. The Balaban J connectivity index is 2.10. The second-order valence-corrected chi connectivity index (χ2v) is 5.65. The first-order valence-electron chi connectivity index (χ1n) is 7.40. The summed E-state index contributed by atoms with van der Waals surface area (Å²) in [4.78, 5) is 14.7. The molecule has 1 amide bonds. The first-order valence-corrected chi connectivity index (χ1v) is 7.40. The van der Waals surface area contributed by atoms with E-state index >= 15 is 0 Å². The molecule has 0 aromatic carbocycles. The van der Waals surface area contributed by atoms with Gasteiger partial charge in [0.1, 0.15) is 5.76 Å². The summed E-state index contributed by atoms with van der Waals surface area (Å²) >= 11 is 0. The fraction of sp³-hybridized carbons (Fsp3) is 0.733. The van der Waals surface area contributed by atoms with Gasteiger partial charge in [0.05, 0.1) is 11.6 Å². The van der Waals surface area contributed by atoms with Gasteiger partial charge >= 0.3 is 0 Å². The van der Waals surface area contributed by atoms with Crippen molar-refractivity contribution in [3.8, 4) is 0 Å². The minimum absolute atomic E-state index is 0.153. The van der Waals surface area contributed by atoms with Crippen molar-refractivity contribution >= 4 is 5.91 Å². The first kappa shape index (κ1) is 15.0. The zero-order chi connectivity index (χ0) is 14.7. The number of amides is 1. The lowest BCUT2D eigenvalue weighted by atomic mass is 9.97. The molecule has 1 N–H and O–H groups in total. The van der Waals surface area contributed by atoms with Crippen LogP contribution in [0.1, 0.15) is 55.5 Å². The smallest absolute Gasteiger partial charge is 0.230 e. The van der Waals surface area contributed by atoms with Crippen LogP contribution in [0.15, 0.2) is 4.52 Å². The van der Waals surface area contributed by atoms with Crippen molar-refractivity contribution in [1.29, 1.82) is 0 Å². The number of aliphatic hydroxyl groups is 1. The summed E-state index contributed by atoms with van der Waals surface area (Å²) in [5, 5.41) is 12.9. The minimum atomic E-state index is -0.212. The van der Waals surface area contributed by atoms with Gasteiger partial charge in [-0.1, -0.05) is 5.16 Å². The average Bonchev–Trinajstić information content (AvgIpc) is 3.02. The van der Waals surface area contributed by atoms with E-state index in [9.17, 15) is 4.79 Å². The van der Waals surface area contributed by atoms with Gasteiger partial charge in [-0.2, -0.15) is 0 Å². The quantitative estimate of drug-likeness (QED) is 0.897. The van der Waals surface area contributed by atoms with E-state index in [1.54, 1.807) is 0 Å². The number of carbonyl (C=O) groups is 1. The molecule has 1 aliphatic rings. The zero-order valence-corrected chi connectivity index (χ0v) is 12.6. The van der Waals surface area contributed by atoms with E-state index in [0.29, 0.717) is 0 Å². The summed E-state index contributed by atoms with van der Waals surface area (Å²) in [6.07, 6.45) is 3.74. The monoisotopic (exact) mass is 280 g/mol. The van der Waals surface area contributed by atoms with Gasteiger partial charge in [0.25, 0.3) is 0 Å². The van der Waals surface area contributed by atoms with Crippen molar-refractivity contribution in [2.24, 2.45) is 0 Å². The van der Waals surface area contributed by atoms with Crippen molar-refractivity contribution in [3.63, 3.8) is 0 Å².